The molecule has 0 spiro atoms. The maximum atomic E-state index is 4.29. The summed E-state index contributed by atoms with van der Waals surface area (Å²) in [7, 11) is 2.60. The first-order valence-electron chi connectivity index (χ1n) is 7.73. The Morgan fingerprint density at radius 3 is 2.21 bits per heavy atom. The van der Waals surface area contributed by atoms with E-state index in [-0.39, 0.29) is 5.31 Å². The SMILES string of the molecule is C=C1CC(=C)C(C)([B]C(CC(C)C)CC(C)(C)C)C1. The summed E-state index contributed by atoms with van der Waals surface area (Å²) in [6.45, 7) is 22.5. The standard InChI is InChI=1S/C18H32B/c1-13(2)9-16(12-17(5,6)7)19-18(8)11-14(3)10-15(18)4/h13,16H,3-4,9-12H2,1-2,5-8H3. The molecule has 1 rings (SSSR count). The molecule has 0 N–H and O–H groups in total. The van der Waals surface area contributed by atoms with Crippen LogP contribution in [0.15, 0.2) is 24.3 Å². The van der Waals surface area contributed by atoms with E-state index in [1.165, 1.54) is 24.0 Å². The molecule has 0 heterocycles. The van der Waals surface area contributed by atoms with Gasteiger partial charge in [-0.25, -0.2) is 0 Å². The van der Waals surface area contributed by atoms with Gasteiger partial charge in [-0.2, -0.15) is 0 Å². The second kappa shape index (κ2) is 5.89. The Balaban J connectivity index is 2.76. The molecule has 0 saturated heterocycles. The molecule has 0 bridgehead atoms. The molecule has 1 aliphatic rings. The molecule has 0 amide bonds. The fourth-order valence-corrected chi connectivity index (χ4v) is 3.51. The molecule has 19 heavy (non-hydrogen) atoms. The second-order valence-corrected chi connectivity index (χ2v) is 8.45. The Morgan fingerprint density at radius 2 is 1.84 bits per heavy atom. The van der Waals surface area contributed by atoms with E-state index in [0.29, 0.717) is 11.2 Å². The minimum absolute atomic E-state index is 0.182. The predicted octanol–water partition coefficient (Wildman–Crippen LogP) is 6.05. The van der Waals surface area contributed by atoms with Gasteiger partial charge >= 0.3 is 0 Å². The van der Waals surface area contributed by atoms with Crippen LogP contribution in [0.2, 0.25) is 11.1 Å². The highest BCUT2D eigenvalue weighted by Crippen LogP contribution is 2.52. The van der Waals surface area contributed by atoms with Gasteiger partial charge in [-0.1, -0.05) is 84.5 Å². The Hall–Kier alpha value is -0.455. The van der Waals surface area contributed by atoms with Crippen molar-refractivity contribution in [2.24, 2.45) is 11.3 Å². The van der Waals surface area contributed by atoms with Crippen molar-refractivity contribution in [3.8, 4) is 0 Å². The lowest BCUT2D eigenvalue weighted by Gasteiger charge is -2.34. The molecule has 0 nitrogen and oxygen atoms in total. The zero-order valence-corrected chi connectivity index (χ0v) is 14.0. The van der Waals surface area contributed by atoms with E-state index in [4.69, 9.17) is 0 Å². The van der Waals surface area contributed by atoms with Crippen LogP contribution in [0.5, 0.6) is 0 Å². The summed E-state index contributed by atoms with van der Waals surface area (Å²) in [5, 5.41) is 0.182. The third-order valence-electron chi connectivity index (χ3n) is 4.14. The van der Waals surface area contributed by atoms with Gasteiger partial charge in [-0.05, 0) is 29.5 Å². The van der Waals surface area contributed by atoms with Crippen molar-refractivity contribution in [3.05, 3.63) is 24.3 Å². The molecular weight excluding hydrogens is 227 g/mol. The number of allylic oxidation sites excluding steroid dienone is 2. The number of hydrogen-bond acceptors (Lipinski definition) is 0. The Labute approximate surface area is 122 Å². The molecule has 0 aromatic heterocycles. The zero-order valence-electron chi connectivity index (χ0n) is 14.0. The first-order valence-corrected chi connectivity index (χ1v) is 7.73. The summed E-state index contributed by atoms with van der Waals surface area (Å²) in [5.74, 6) is 1.44. The summed E-state index contributed by atoms with van der Waals surface area (Å²) < 4.78 is 0. The fourth-order valence-electron chi connectivity index (χ4n) is 3.51. The molecular formula is C18H32B. The van der Waals surface area contributed by atoms with Crippen LogP contribution in [0, 0.1) is 11.3 Å². The highest BCUT2D eigenvalue weighted by molar-refractivity contribution is 6.43. The summed E-state index contributed by atoms with van der Waals surface area (Å²) >= 11 is 0. The Morgan fingerprint density at radius 1 is 1.26 bits per heavy atom. The molecule has 1 saturated carbocycles. The molecule has 0 aromatic rings. The van der Waals surface area contributed by atoms with Gasteiger partial charge in [0, 0.05) is 0 Å². The topological polar surface area (TPSA) is 0 Å². The monoisotopic (exact) mass is 259 g/mol. The van der Waals surface area contributed by atoms with Crippen LogP contribution < -0.4 is 0 Å². The van der Waals surface area contributed by atoms with Gasteiger partial charge < -0.3 is 0 Å². The Bertz CT molecular complexity index is 345. The molecule has 2 unspecified atom stereocenters. The molecule has 0 aromatic carbocycles. The predicted molar refractivity (Wildman–Crippen MR) is 88.9 cm³/mol. The lowest BCUT2D eigenvalue weighted by atomic mass is 9.42. The summed E-state index contributed by atoms with van der Waals surface area (Å²) in [6.07, 6.45) is 4.68. The van der Waals surface area contributed by atoms with Gasteiger partial charge in [0.1, 0.15) is 7.28 Å². The minimum atomic E-state index is 0.182. The van der Waals surface area contributed by atoms with Crippen LogP contribution in [-0.2, 0) is 0 Å². The quantitative estimate of drug-likeness (QED) is 0.416. The fraction of sp³-hybridized carbons (Fsp3) is 0.778. The van der Waals surface area contributed by atoms with Crippen LogP contribution in [0.1, 0.15) is 67.2 Å². The molecule has 1 heteroatoms. The van der Waals surface area contributed by atoms with Crippen molar-refractivity contribution in [2.75, 3.05) is 0 Å². The second-order valence-electron chi connectivity index (χ2n) is 8.45. The average Bonchev–Trinajstić information content (AvgIpc) is 2.34. The number of hydrogen-bond donors (Lipinski definition) is 0. The van der Waals surface area contributed by atoms with Gasteiger partial charge in [0.2, 0.25) is 0 Å². The van der Waals surface area contributed by atoms with Crippen molar-refractivity contribution < 1.29 is 0 Å². The third-order valence-corrected chi connectivity index (χ3v) is 4.14. The van der Waals surface area contributed by atoms with Crippen molar-refractivity contribution in [3.63, 3.8) is 0 Å². The zero-order chi connectivity index (χ0) is 14.8. The Kier molecular flexibility index (Phi) is 5.15. The molecule has 1 fully saturated rings. The van der Waals surface area contributed by atoms with E-state index in [0.717, 1.165) is 18.8 Å². The first kappa shape index (κ1) is 16.6. The van der Waals surface area contributed by atoms with Gasteiger partial charge in [-0.15, -0.1) is 0 Å². The van der Waals surface area contributed by atoms with Crippen molar-refractivity contribution >= 4 is 7.28 Å². The lowest BCUT2D eigenvalue weighted by molar-refractivity contribution is 0.344. The van der Waals surface area contributed by atoms with E-state index < -0.39 is 0 Å². The molecule has 2 atom stereocenters. The normalized spacial score (nSPS) is 26.1. The highest BCUT2D eigenvalue weighted by atomic mass is 14.3. The van der Waals surface area contributed by atoms with Crippen LogP contribution in [0.25, 0.3) is 0 Å². The average molecular weight is 259 g/mol. The van der Waals surface area contributed by atoms with Crippen molar-refractivity contribution in [2.45, 2.75) is 78.4 Å². The molecule has 1 radical (unpaired) electrons. The van der Waals surface area contributed by atoms with E-state index in [1.807, 2.05) is 0 Å². The largest absolute Gasteiger partial charge is 0.127 e. The van der Waals surface area contributed by atoms with Gasteiger partial charge in [-0.3, -0.25) is 0 Å². The van der Waals surface area contributed by atoms with E-state index in [2.05, 4.69) is 62.0 Å². The van der Waals surface area contributed by atoms with Crippen LogP contribution in [0.3, 0.4) is 0 Å². The van der Waals surface area contributed by atoms with Crippen LogP contribution >= 0.6 is 0 Å². The van der Waals surface area contributed by atoms with Gasteiger partial charge in [0.25, 0.3) is 0 Å². The highest BCUT2D eigenvalue weighted by Gasteiger charge is 2.38. The summed E-state index contributed by atoms with van der Waals surface area (Å²) in [4.78, 5) is 0. The van der Waals surface area contributed by atoms with E-state index in [1.54, 1.807) is 0 Å². The minimum Gasteiger partial charge on any atom is -0.0997 e. The molecule has 0 aliphatic heterocycles. The maximum Gasteiger partial charge on any atom is 0.127 e. The van der Waals surface area contributed by atoms with E-state index >= 15 is 0 Å². The smallest absolute Gasteiger partial charge is 0.0997 e. The first-order chi connectivity index (χ1) is 8.52. The van der Waals surface area contributed by atoms with Gasteiger partial charge in [0.05, 0.1) is 0 Å². The van der Waals surface area contributed by atoms with Crippen LogP contribution in [0.4, 0.5) is 0 Å². The molecule has 1 aliphatic carbocycles. The van der Waals surface area contributed by atoms with Crippen LogP contribution in [-0.4, -0.2) is 7.28 Å². The summed E-state index contributed by atoms with van der Waals surface area (Å²) in [5.41, 5.74) is 3.10. The van der Waals surface area contributed by atoms with E-state index in [9.17, 15) is 0 Å². The lowest BCUT2D eigenvalue weighted by Crippen LogP contribution is -2.24. The van der Waals surface area contributed by atoms with Crippen molar-refractivity contribution in [1.29, 1.82) is 0 Å². The third kappa shape index (κ3) is 5.20. The molecule has 107 valence electrons. The number of rotatable bonds is 5. The maximum absolute atomic E-state index is 4.29. The summed E-state index contributed by atoms with van der Waals surface area (Å²) in [6, 6.07) is 0. The van der Waals surface area contributed by atoms with Gasteiger partial charge in [0.15, 0.2) is 0 Å². The van der Waals surface area contributed by atoms with Crippen molar-refractivity contribution in [1.82, 2.24) is 0 Å².